The van der Waals surface area contributed by atoms with Crippen LogP contribution in [-0.2, 0) is 4.74 Å². The van der Waals surface area contributed by atoms with Crippen molar-refractivity contribution in [2.75, 3.05) is 5.32 Å². The number of hydrogen-bond acceptors (Lipinski definition) is 5. The Hall–Kier alpha value is -2.47. The van der Waals surface area contributed by atoms with Crippen LogP contribution in [0.3, 0.4) is 0 Å². The molecule has 2 aromatic heterocycles. The first-order chi connectivity index (χ1) is 11.8. The number of rotatable bonds is 3. The molecule has 4 rings (SSSR count). The Morgan fingerprint density at radius 2 is 1.92 bits per heavy atom. The van der Waals surface area contributed by atoms with Crippen LogP contribution in [0.4, 0.5) is 5.82 Å². The van der Waals surface area contributed by atoms with E-state index in [0.717, 1.165) is 23.5 Å². The van der Waals surface area contributed by atoms with Gasteiger partial charge in [-0.2, -0.15) is 14.6 Å². The van der Waals surface area contributed by atoms with Crippen molar-refractivity contribution >= 4 is 11.6 Å². The average molecular weight is 337 g/mol. The van der Waals surface area contributed by atoms with Crippen LogP contribution in [0, 0.1) is 0 Å². The molecular weight excluding hydrogens is 314 g/mol. The van der Waals surface area contributed by atoms with Crippen molar-refractivity contribution in [2.45, 2.75) is 51.4 Å². The van der Waals surface area contributed by atoms with Gasteiger partial charge in [0.2, 0.25) is 0 Å². The monoisotopic (exact) mass is 337 g/mol. The molecule has 1 atom stereocenters. The van der Waals surface area contributed by atoms with Crippen molar-refractivity contribution in [3.63, 3.8) is 0 Å². The lowest BCUT2D eigenvalue weighted by Gasteiger charge is -2.28. The molecule has 3 aromatic rings. The Morgan fingerprint density at radius 3 is 2.60 bits per heavy atom. The summed E-state index contributed by atoms with van der Waals surface area (Å²) < 4.78 is 7.95. The smallest absolute Gasteiger partial charge is 0.254 e. The van der Waals surface area contributed by atoms with Crippen LogP contribution in [-0.4, -0.2) is 36.8 Å². The summed E-state index contributed by atoms with van der Waals surface area (Å²) in [5.74, 6) is 1.46. The van der Waals surface area contributed by atoms with Crippen molar-refractivity contribution in [1.29, 1.82) is 0 Å². The largest absolute Gasteiger partial charge is 0.367 e. The average Bonchev–Trinajstić information content (AvgIpc) is 3.09. The topological polar surface area (TPSA) is 64.3 Å². The van der Waals surface area contributed by atoms with E-state index >= 15 is 0 Å². The van der Waals surface area contributed by atoms with E-state index in [1.807, 2.05) is 36.4 Å². The van der Waals surface area contributed by atoms with Gasteiger partial charge in [0.25, 0.3) is 5.78 Å². The zero-order chi connectivity index (χ0) is 17.7. The molecule has 1 aromatic carbocycles. The molecule has 0 spiro atoms. The van der Waals surface area contributed by atoms with E-state index < -0.39 is 0 Å². The van der Waals surface area contributed by atoms with Crippen LogP contribution >= 0.6 is 0 Å². The van der Waals surface area contributed by atoms with E-state index in [1.165, 1.54) is 6.33 Å². The lowest BCUT2D eigenvalue weighted by molar-refractivity contribution is -0.0662. The molecule has 0 aliphatic carbocycles. The molecule has 1 aliphatic rings. The van der Waals surface area contributed by atoms with Gasteiger partial charge in [-0.25, -0.2) is 4.98 Å². The van der Waals surface area contributed by atoms with Crippen LogP contribution < -0.4 is 5.32 Å². The highest BCUT2D eigenvalue weighted by atomic mass is 16.5. The highest BCUT2D eigenvalue weighted by Gasteiger charge is 2.46. The van der Waals surface area contributed by atoms with Crippen molar-refractivity contribution in [3.8, 4) is 11.3 Å². The van der Waals surface area contributed by atoms with Crippen LogP contribution in [0.1, 0.15) is 34.1 Å². The van der Waals surface area contributed by atoms with Gasteiger partial charge >= 0.3 is 0 Å². The standard InChI is InChI=1S/C19H23N5O/c1-18(2)11-15(19(3,4)25-18)23-16-10-14(13-8-6-5-7-9-13)22-17-20-12-21-24(16)17/h5-10,12,15,23H,11H2,1-4H3. The van der Waals surface area contributed by atoms with Crippen molar-refractivity contribution in [3.05, 3.63) is 42.7 Å². The van der Waals surface area contributed by atoms with Gasteiger partial charge in [-0.1, -0.05) is 30.3 Å². The van der Waals surface area contributed by atoms with E-state index in [0.29, 0.717) is 5.78 Å². The zero-order valence-corrected chi connectivity index (χ0v) is 15.0. The number of benzene rings is 1. The third-order valence-corrected chi connectivity index (χ3v) is 4.72. The van der Waals surface area contributed by atoms with Crippen LogP contribution in [0.15, 0.2) is 42.7 Å². The van der Waals surface area contributed by atoms with E-state index in [9.17, 15) is 0 Å². The molecule has 3 heterocycles. The molecule has 0 radical (unpaired) electrons. The molecule has 1 N–H and O–H groups in total. The van der Waals surface area contributed by atoms with Gasteiger partial charge in [0, 0.05) is 11.6 Å². The van der Waals surface area contributed by atoms with Gasteiger partial charge in [0.05, 0.1) is 22.9 Å². The molecule has 25 heavy (non-hydrogen) atoms. The third kappa shape index (κ3) is 2.98. The second kappa shape index (κ2) is 5.52. The molecule has 130 valence electrons. The Bertz CT molecular complexity index is 901. The number of fused-ring (bicyclic) bond motifs is 1. The minimum atomic E-state index is -0.271. The van der Waals surface area contributed by atoms with E-state index in [-0.39, 0.29) is 17.2 Å². The van der Waals surface area contributed by atoms with Gasteiger partial charge in [-0.3, -0.25) is 0 Å². The van der Waals surface area contributed by atoms with E-state index in [2.05, 4.69) is 48.1 Å². The fourth-order valence-corrected chi connectivity index (χ4v) is 3.64. The van der Waals surface area contributed by atoms with Gasteiger partial charge in [-0.05, 0) is 34.1 Å². The van der Waals surface area contributed by atoms with Crippen molar-refractivity contribution in [2.24, 2.45) is 0 Å². The summed E-state index contributed by atoms with van der Waals surface area (Å²) >= 11 is 0. The first kappa shape index (κ1) is 16.0. The Kier molecular flexibility index (Phi) is 3.54. The fourth-order valence-electron chi connectivity index (χ4n) is 3.64. The van der Waals surface area contributed by atoms with Gasteiger partial charge in [-0.15, -0.1) is 0 Å². The van der Waals surface area contributed by atoms with Gasteiger partial charge in [0.1, 0.15) is 12.1 Å². The maximum atomic E-state index is 6.21. The van der Waals surface area contributed by atoms with Crippen LogP contribution in [0.25, 0.3) is 17.0 Å². The number of aromatic nitrogens is 4. The predicted octanol–water partition coefficient (Wildman–Crippen LogP) is 3.55. The number of anilines is 1. The molecule has 1 saturated heterocycles. The maximum absolute atomic E-state index is 6.21. The molecular formula is C19H23N5O. The van der Waals surface area contributed by atoms with E-state index in [1.54, 1.807) is 4.52 Å². The molecule has 0 bridgehead atoms. The quantitative estimate of drug-likeness (QED) is 0.792. The van der Waals surface area contributed by atoms with Gasteiger partial charge in [0.15, 0.2) is 0 Å². The SMILES string of the molecule is CC1(C)CC(Nc2cc(-c3ccccc3)nc3ncnn23)C(C)(C)O1. The molecule has 1 unspecified atom stereocenters. The summed E-state index contributed by atoms with van der Waals surface area (Å²) in [6.07, 6.45) is 2.45. The summed E-state index contributed by atoms with van der Waals surface area (Å²) in [4.78, 5) is 8.90. The summed E-state index contributed by atoms with van der Waals surface area (Å²) in [7, 11) is 0. The molecule has 6 nitrogen and oxygen atoms in total. The molecule has 0 saturated carbocycles. The summed E-state index contributed by atoms with van der Waals surface area (Å²) in [5.41, 5.74) is 1.50. The lowest BCUT2D eigenvalue weighted by atomic mass is 9.94. The lowest BCUT2D eigenvalue weighted by Crippen LogP contribution is -2.38. The summed E-state index contributed by atoms with van der Waals surface area (Å²) in [6.45, 7) is 8.50. The molecule has 6 heteroatoms. The van der Waals surface area contributed by atoms with Crippen LogP contribution in [0.2, 0.25) is 0 Å². The second-order valence-corrected chi connectivity index (χ2v) is 7.73. The number of nitrogens with one attached hydrogen (secondary N) is 1. The third-order valence-electron chi connectivity index (χ3n) is 4.72. The number of ether oxygens (including phenoxy) is 1. The van der Waals surface area contributed by atoms with Crippen molar-refractivity contribution < 1.29 is 4.74 Å². The minimum absolute atomic E-state index is 0.155. The fraction of sp³-hybridized carbons (Fsp3) is 0.421. The first-order valence-corrected chi connectivity index (χ1v) is 8.57. The molecule has 0 amide bonds. The predicted molar refractivity (Wildman–Crippen MR) is 97.5 cm³/mol. The highest BCUT2D eigenvalue weighted by Crippen LogP contribution is 2.39. The maximum Gasteiger partial charge on any atom is 0.254 e. The zero-order valence-electron chi connectivity index (χ0n) is 15.0. The first-order valence-electron chi connectivity index (χ1n) is 8.57. The van der Waals surface area contributed by atoms with E-state index in [4.69, 9.17) is 4.74 Å². The molecule has 1 aliphatic heterocycles. The summed E-state index contributed by atoms with van der Waals surface area (Å²) in [6, 6.07) is 12.3. The van der Waals surface area contributed by atoms with Crippen molar-refractivity contribution in [1.82, 2.24) is 19.6 Å². The summed E-state index contributed by atoms with van der Waals surface area (Å²) in [5, 5.41) is 7.94. The Labute approximate surface area is 147 Å². The van der Waals surface area contributed by atoms with Gasteiger partial charge < -0.3 is 10.1 Å². The Morgan fingerprint density at radius 1 is 1.16 bits per heavy atom. The second-order valence-electron chi connectivity index (χ2n) is 7.73. The number of hydrogen-bond donors (Lipinski definition) is 1. The van der Waals surface area contributed by atoms with Crippen LogP contribution in [0.5, 0.6) is 0 Å². The Balaban J connectivity index is 1.75. The molecule has 1 fully saturated rings. The number of nitrogens with zero attached hydrogens (tertiary/aromatic N) is 4. The normalized spacial score (nSPS) is 21.5. The minimum Gasteiger partial charge on any atom is -0.367 e. The highest BCUT2D eigenvalue weighted by molar-refractivity contribution is 5.65.